The maximum atomic E-state index is 12.9. The molecule has 0 aliphatic heterocycles. The first-order valence-electron chi connectivity index (χ1n) is 10.8. The number of nitrogens with zero attached hydrogens (tertiary/aromatic N) is 3. The Morgan fingerprint density at radius 3 is 2.42 bits per heavy atom. The highest BCUT2D eigenvalue weighted by molar-refractivity contribution is 5.67. The number of aromatic nitrogens is 3. The molecule has 0 saturated carbocycles. The second-order valence-corrected chi connectivity index (χ2v) is 8.98. The first-order valence-corrected chi connectivity index (χ1v) is 10.8. The lowest BCUT2D eigenvalue weighted by Gasteiger charge is -2.25. The lowest BCUT2D eigenvalue weighted by Crippen LogP contribution is -2.38. The highest BCUT2D eigenvalue weighted by Gasteiger charge is 2.23. The van der Waals surface area contributed by atoms with Crippen molar-refractivity contribution < 1.29 is 9.53 Å². The summed E-state index contributed by atoms with van der Waals surface area (Å²) in [6.07, 6.45) is 0.291. The molecule has 0 aliphatic carbocycles. The molecule has 1 amide bonds. The van der Waals surface area contributed by atoms with Gasteiger partial charge < -0.3 is 15.4 Å². The minimum atomic E-state index is -0.516. The number of benzene rings is 1. The fraction of sp³-hybridized carbons (Fsp3) is 0.565. The van der Waals surface area contributed by atoms with Crippen molar-refractivity contribution in [1.29, 1.82) is 0 Å². The molecule has 2 N–H and O–H groups in total. The van der Waals surface area contributed by atoms with Gasteiger partial charge in [0.05, 0.1) is 12.6 Å². The first-order chi connectivity index (χ1) is 14.6. The Labute approximate surface area is 184 Å². The predicted molar refractivity (Wildman–Crippen MR) is 121 cm³/mol. The average Bonchev–Trinajstić information content (AvgIpc) is 2.68. The first kappa shape index (κ1) is 24.5. The van der Waals surface area contributed by atoms with E-state index in [9.17, 15) is 9.59 Å². The average molecular weight is 430 g/mol. The van der Waals surface area contributed by atoms with Crippen LogP contribution in [0.4, 0.5) is 4.79 Å². The van der Waals surface area contributed by atoms with E-state index in [2.05, 4.69) is 34.7 Å². The van der Waals surface area contributed by atoms with Crippen molar-refractivity contribution >= 4 is 6.09 Å². The summed E-state index contributed by atoms with van der Waals surface area (Å²) < 4.78 is 6.95. The molecular weight excluding hydrogens is 394 g/mol. The van der Waals surface area contributed by atoms with Crippen molar-refractivity contribution in [2.24, 2.45) is 5.92 Å². The van der Waals surface area contributed by atoms with E-state index in [1.807, 2.05) is 51.1 Å². The highest BCUT2D eigenvalue weighted by Crippen LogP contribution is 2.19. The number of aryl methyl sites for hydroxylation is 1. The van der Waals surface area contributed by atoms with Crippen molar-refractivity contribution in [3.63, 3.8) is 0 Å². The Bertz CT molecular complexity index is 904. The van der Waals surface area contributed by atoms with Gasteiger partial charge in [-0.25, -0.2) is 4.79 Å². The van der Waals surface area contributed by atoms with Gasteiger partial charge in [0.15, 0.2) is 5.82 Å². The Balaban J connectivity index is 2.06. The maximum absolute atomic E-state index is 12.9. The van der Waals surface area contributed by atoms with Crippen LogP contribution in [-0.2, 0) is 11.3 Å². The van der Waals surface area contributed by atoms with Crippen molar-refractivity contribution in [3.8, 4) is 0 Å². The van der Waals surface area contributed by atoms with E-state index in [1.54, 1.807) is 11.5 Å². The molecule has 8 heteroatoms. The van der Waals surface area contributed by atoms with Gasteiger partial charge in [-0.1, -0.05) is 44.2 Å². The van der Waals surface area contributed by atoms with Crippen molar-refractivity contribution in [1.82, 2.24) is 25.4 Å². The minimum absolute atomic E-state index is 0.132. The summed E-state index contributed by atoms with van der Waals surface area (Å²) in [5.41, 5.74) is 0.761. The predicted octanol–water partition coefficient (Wildman–Crippen LogP) is 3.20. The molecule has 170 valence electrons. The Morgan fingerprint density at radius 1 is 1.13 bits per heavy atom. The number of carbonyl (C=O) groups is 1. The molecule has 0 spiro atoms. The number of alkyl carbamates (subject to hydrolysis) is 1. The largest absolute Gasteiger partial charge is 0.444 e. The number of rotatable bonds is 9. The van der Waals surface area contributed by atoms with Crippen LogP contribution in [0, 0.1) is 12.8 Å². The minimum Gasteiger partial charge on any atom is -0.444 e. The highest BCUT2D eigenvalue weighted by atomic mass is 16.6. The third-order valence-electron chi connectivity index (χ3n) is 4.65. The van der Waals surface area contributed by atoms with Gasteiger partial charge >= 0.3 is 6.09 Å². The zero-order valence-corrected chi connectivity index (χ0v) is 19.4. The van der Waals surface area contributed by atoms with E-state index >= 15 is 0 Å². The van der Waals surface area contributed by atoms with Crippen molar-refractivity contribution in [2.45, 2.75) is 66.2 Å². The third kappa shape index (κ3) is 7.79. The molecule has 0 fully saturated rings. The lowest BCUT2D eigenvalue weighted by molar-refractivity contribution is 0.0527. The van der Waals surface area contributed by atoms with E-state index in [4.69, 9.17) is 4.74 Å². The fourth-order valence-electron chi connectivity index (χ4n) is 3.15. The summed E-state index contributed by atoms with van der Waals surface area (Å²) in [5, 5.41) is 14.7. The smallest absolute Gasteiger partial charge is 0.407 e. The van der Waals surface area contributed by atoms with Crippen LogP contribution in [0.3, 0.4) is 0 Å². The second kappa shape index (κ2) is 11.0. The maximum Gasteiger partial charge on any atom is 0.407 e. The number of hydrogen-bond acceptors (Lipinski definition) is 6. The van der Waals surface area contributed by atoms with Gasteiger partial charge in [0, 0.05) is 6.54 Å². The zero-order valence-electron chi connectivity index (χ0n) is 19.4. The van der Waals surface area contributed by atoms with Gasteiger partial charge in [-0.15, -0.1) is 10.2 Å². The summed E-state index contributed by atoms with van der Waals surface area (Å²) in [7, 11) is 0. The van der Waals surface area contributed by atoms with Crippen LogP contribution in [0.5, 0.6) is 0 Å². The van der Waals surface area contributed by atoms with E-state index in [1.165, 1.54) is 0 Å². The molecule has 1 heterocycles. The van der Waals surface area contributed by atoms with Crippen LogP contribution < -0.4 is 16.2 Å². The quantitative estimate of drug-likeness (QED) is 0.594. The molecule has 1 unspecified atom stereocenters. The number of nitrogens with one attached hydrogen (secondary N) is 2. The zero-order chi connectivity index (χ0) is 23.0. The summed E-state index contributed by atoms with van der Waals surface area (Å²) in [5.74, 6) is 0.812. The summed E-state index contributed by atoms with van der Waals surface area (Å²) >= 11 is 0. The topological polar surface area (TPSA) is 98.1 Å². The normalized spacial score (nSPS) is 12.6. The molecule has 0 aliphatic rings. The summed E-state index contributed by atoms with van der Waals surface area (Å²) in [6, 6.07) is 9.70. The van der Waals surface area contributed by atoms with Crippen LogP contribution >= 0.6 is 0 Å². The second-order valence-electron chi connectivity index (χ2n) is 8.98. The molecule has 31 heavy (non-hydrogen) atoms. The Kier molecular flexibility index (Phi) is 8.74. The number of ether oxygens (including phenoxy) is 1. The van der Waals surface area contributed by atoms with Crippen molar-refractivity contribution in [3.05, 3.63) is 57.8 Å². The number of hydrogen-bond donors (Lipinski definition) is 2. The molecule has 2 aromatic rings. The van der Waals surface area contributed by atoms with Crippen LogP contribution in [0.1, 0.15) is 64.2 Å². The van der Waals surface area contributed by atoms with Crippen LogP contribution in [-0.4, -0.2) is 39.5 Å². The monoisotopic (exact) mass is 429 g/mol. The van der Waals surface area contributed by atoms with Gasteiger partial charge in [0.1, 0.15) is 11.3 Å². The van der Waals surface area contributed by atoms with Crippen LogP contribution in [0.2, 0.25) is 0 Å². The molecule has 0 saturated heterocycles. The van der Waals surface area contributed by atoms with E-state index < -0.39 is 11.7 Å². The number of amides is 1. The van der Waals surface area contributed by atoms with Gasteiger partial charge in [-0.2, -0.15) is 0 Å². The Hall–Kier alpha value is -2.74. The van der Waals surface area contributed by atoms with Gasteiger partial charge in [-0.3, -0.25) is 9.36 Å². The molecule has 0 radical (unpaired) electrons. The molecule has 1 aromatic carbocycles. The van der Waals surface area contributed by atoms with E-state index in [0.29, 0.717) is 37.6 Å². The van der Waals surface area contributed by atoms with Crippen LogP contribution in [0.25, 0.3) is 0 Å². The standard InChI is InChI=1S/C23H35N5O3/c1-16(2)19(24-13-10-14-25-22(30)31-23(4,5)6)20-27-26-17(3)21(29)28(20)15-18-11-8-7-9-12-18/h7-9,11-12,16,19,24H,10,13-15H2,1-6H3,(H,25,30). The SMILES string of the molecule is Cc1nnc(C(NCCCNC(=O)OC(C)(C)C)C(C)C)n(Cc2ccccc2)c1=O. The molecule has 1 atom stereocenters. The summed E-state index contributed by atoms with van der Waals surface area (Å²) in [4.78, 5) is 24.6. The van der Waals surface area contributed by atoms with Crippen molar-refractivity contribution in [2.75, 3.05) is 13.1 Å². The van der Waals surface area contributed by atoms with E-state index in [-0.39, 0.29) is 17.5 Å². The third-order valence-corrected chi connectivity index (χ3v) is 4.65. The van der Waals surface area contributed by atoms with Gasteiger partial charge in [0.25, 0.3) is 5.56 Å². The fourth-order valence-corrected chi connectivity index (χ4v) is 3.15. The Morgan fingerprint density at radius 2 is 1.81 bits per heavy atom. The molecule has 0 bridgehead atoms. The molecule has 1 aromatic heterocycles. The molecule has 2 rings (SSSR count). The molecule has 8 nitrogen and oxygen atoms in total. The lowest BCUT2D eigenvalue weighted by atomic mass is 10.0. The van der Waals surface area contributed by atoms with Gasteiger partial charge in [0.2, 0.25) is 0 Å². The number of carbonyl (C=O) groups excluding carboxylic acids is 1. The van der Waals surface area contributed by atoms with Gasteiger partial charge in [-0.05, 0) is 52.1 Å². The summed E-state index contributed by atoms with van der Waals surface area (Å²) in [6.45, 7) is 12.9. The van der Waals surface area contributed by atoms with Crippen LogP contribution in [0.15, 0.2) is 35.1 Å². The molecular formula is C23H35N5O3. The van der Waals surface area contributed by atoms with E-state index in [0.717, 1.165) is 5.56 Å².